The molecule has 1 atom stereocenters. The van der Waals surface area contributed by atoms with E-state index in [2.05, 4.69) is 5.43 Å². The van der Waals surface area contributed by atoms with Gasteiger partial charge in [-0.15, -0.1) is 0 Å². The van der Waals surface area contributed by atoms with E-state index in [1.165, 1.54) is 0 Å². The third kappa shape index (κ3) is 1.65. The molecule has 1 aliphatic rings. The Balaban J connectivity index is 2.47. The lowest BCUT2D eigenvalue weighted by atomic mass is 10.1. The molecule has 1 fully saturated rings. The summed E-state index contributed by atoms with van der Waals surface area (Å²) in [5.74, 6) is -0.929. The number of hydrazine groups is 1. The first-order valence-electron chi connectivity index (χ1n) is 3.41. The number of hydrogen-bond donors (Lipinski definition) is 3. The van der Waals surface area contributed by atoms with Crippen LogP contribution in [-0.2, 0) is 4.79 Å². The summed E-state index contributed by atoms with van der Waals surface area (Å²) in [5, 5.41) is 8.51. The number of rotatable bonds is 1. The first kappa shape index (κ1) is 5.20. The standard InChI is InChI=1S/C5H10N2O2/c8-5(9)4-2-1-3-6-7-4/h4,6-7H,1-3H2,(H,8,9)/t4-/m0/s1/i/hD. The van der Waals surface area contributed by atoms with E-state index in [1.54, 1.807) is 0 Å². The Morgan fingerprint density at radius 2 is 2.67 bits per heavy atom. The maximum atomic E-state index is 10.4. The number of carboxylic acids is 1. The molecule has 3 N–H and O–H groups in total. The van der Waals surface area contributed by atoms with Crippen molar-refractivity contribution >= 4 is 5.97 Å². The van der Waals surface area contributed by atoms with E-state index in [9.17, 15) is 4.79 Å². The Kier molecular flexibility index (Phi) is 1.61. The number of carbonyl (C=O) groups is 1. The fourth-order valence-corrected chi connectivity index (χ4v) is 0.792. The predicted octanol–water partition coefficient (Wildman–Crippen LogP) is -0.672. The summed E-state index contributed by atoms with van der Waals surface area (Å²) in [6, 6.07) is -0.672. The summed E-state index contributed by atoms with van der Waals surface area (Å²) in [4.78, 5) is 10.4. The summed E-state index contributed by atoms with van der Waals surface area (Å²) in [5.41, 5.74) is 3.54. The smallest absolute Gasteiger partial charge is 0.322 e. The number of carboxylic acid groups (broad SMARTS) is 1. The monoisotopic (exact) mass is 131 g/mol. The van der Waals surface area contributed by atoms with Gasteiger partial charge in [0, 0.05) is 6.54 Å². The highest BCUT2D eigenvalue weighted by molar-refractivity contribution is 5.73. The van der Waals surface area contributed by atoms with Gasteiger partial charge in [0.05, 0.1) is 0 Å². The van der Waals surface area contributed by atoms with Gasteiger partial charge in [-0.2, -0.15) is 0 Å². The van der Waals surface area contributed by atoms with Crippen LogP contribution in [0.25, 0.3) is 0 Å². The molecular weight excluding hydrogens is 120 g/mol. The average molecular weight is 131 g/mol. The third-order valence-corrected chi connectivity index (χ3v) is 1.30. The Labute approximate surface area is 54.7 Å². The van der Waals surface area contributed by atoms with Crippen molar-refractivity contribution in [1.82, 2.24) is 10.8 Å². The Morgan fingerprint density at radius 1 is 1.89 bits per heavy atom. The molecule has 0 amide bonds. The van der Waals surface area contributed by atoms with E-state index in [4.69, 9.17) is 6.52 Å². The lowest BCUT2D eigenvalue weighted by Crippen LogP contribution is -2.49. The zero-order valence-electron chi connectivity index (χ0n) is 6.00. The molecule has 1 rings (SSSR count). The number of aliphatic carboxylic acids is 1. The Morgan fingerprint density at radius 3 is 3.11 bits per heavy atom. The molecule has 52 valence electrons. The minimum absolute atomic E-state index is 0.561. The topological polar surface area (TPSA) is 61.4 Å². The number of hydrogen-bond acceptors (Lipinski definition) is 3. The zero-order chi connectivity index (χ0) is 7.56. The second kappa shape index (κ2) is 2.80. The molecule has 4 nitrogen and oxygen atoms in total. The second-order valence-corrected chi connectivity index (χ2v) is 2.03. The van der Waals surface area contributed by atoms with E-state index < -0.39 is 12.0 Å². The molecule has 4 heteroatoms. The van der Waals surface area contributed by atoms with Crippen LogP contribution in [0.1, 0.15) is 12.8 Å². The van der Waals surface area contributed by atoms with Crippen LogP contribution in [0.5, 0.6) is 0 Å². The molecule has 1 heterocycles. The average Bonchev–Trinajstić information content (AvgIpc) is 1.88. The molecule has 0 radical (unpaired) electrons. The lowest BCUT2D eigenvalue weighted by Gasteiger charge is -2.19. The van der Waals surface area contributed by atoms with Gasteiger partial charge in [-0.3, -0.25) is 10.2 Å². The molecule has 1 saturated heterocycles. The number of nitrogens with one attached hydrogen (secondary N) is 2. The molecule has 0 saturated carbocycles. The van der Waals surface area contributed by atoms with Crippen LogP contribution in [0.3, 0.4) is 0 Å². The third-order valence-electron chi connectivity index (χ3n) is 1.30. The van der Waals surface area contributed by atoms with Crippen LogP contribution < -0.4 is 10.8 Å². The lowest BCUT2D eigenvalue weighted by molar-refractivity contribution is -0.140. The van der Waals surface area contributed by atoms with Gasteiger partial charge in [0.15, 0.2) is 0 Å². The van der Waals surface area contributed by atoms with Crippen molar-refractivity contribution in [3.05, 3.63) is 0 Å². The summed E-state index contributed by atoms with van der Waals surface area (Å²) < 4.78 is 7.10. The van der Waals surface area contributed by atoms with Gasteiger partial charge in [-0.1, -0.05) is 0 Å². The van der Waals surface area contributed by atoms with Gasteiger partial charge >= 0.3 is 5.97 Å². The molecule has 0 aromatic rings. The van der Waals surface area contributed by atoms with Gasteiger partial charge in [-0.05, 0) is 12.8 Å². The largest absolute Gasteiger partial charge is 0.480 e. The minimum Gasteiger partial charge on any atom is -0.480 e. The first-order chi connectivity index (χ1) is 4.72. The second-order valence-electron chi connectivity index (χ2n) is 2.03. The van der Waals surface area contributed by atoms with E-state index in [-0.39, 0.29) is 0 Å². The summed E-state index contributed by atoms with van der Waals surface area (Å²) in [7, 11) is 0. The van der Waals surface area contributed by atoms with Gasteiger partial charge in [0.2, 0.25) is 0 Å². The van der Waals surface area contributed by atoms with Gasteiger partial charge in [-0.25, -0.2) is 5.42 Å². The summed E-state index contributed by atoms with van der Waals surface area (Å²) >= 11 is 0. The maximum Gasteiger partial charge on any atom is 0.322 e. The molecule has 0 bridgehead atoms. The summed E-state index contributed by atoms with van der Waals surface area (Å²) in [6.07, 6.45) is 1.39. The van der Waals surface area contributed by atoms with Crippen molar-refractivity contribution in [3.63, 3.8) is 0 Å². The molecular formula is C5H10N2O2. The van der Waals surface area contributed by atoms with E-state index in [0.29, 0.717) is 13.0 Å². The highest BCUT2D eigenvalue weighted by atomic mass is 16.4. The van der Waals surface area contributed by atoms with Crippen LogP contribution in [0.4, 0.5) is 0 Å². The van der Waals surface area contributed by atoms with Crippen LogP contribution in [-0.4, -0.2) is 23.7 Å². The Bertz CT molecular complexity index is 142. The van der Waals surface area contributed by atoms with Crippen LogP contribution >= 0.6 is 0 Å². The minimum atomic E-state index is -0.929. The van der Waals surface area contributed by atoms with Gasteiger partial charge in [0.1, 0.15) is 7.45 Å². The van der Waals surface area contributed by atoms with E-state index >= 15 is 0 Å². The molecule has 0 spiro atoms. The van der Waals surface area contributed by atoms with Crippen LogP contribution in [0.2, 0.25) is 1.41 Å². The highest BCUT2D eigenvalue weighted by Crippen LogP contribution is 1.98. The molecule has 0 aromatic carbocycles. The Hall–Kier alpha value is -0.610. The van der Waals surface area contributed by atoms with Crippen molar-refractivity contribution < 1.29 is 11.3 Å². The molecule has 0 unspecified atom stereocenters. The van der Waals surface area contributed by atoms with Gasteiger partial charge < -0.3 is 5.11 Å². The fourth-order valence-electron chi connectivity index (χ4n) is 0.792. The fraction of sp³-hybridized carbons (Fsp3) is 0.800. The molecule has 1 aliphatic heterocycles. The normalized spacial score (nSPS) is 31.6. The van der Waals surface area contributed by atoms with Crippen molar-refractivity contribution in [2.75, 3.05) is 6.54 Å². The van der Waals surface area contributed by atoms with Gasteiger partial charge in [0.25, 0.3) is 0 Å². The van der Waals surface area contributed by atoms with Crippen LogP contribution in [0, 0.1) is 0 Å². The molecule has 9 heavy (non-hydrogen) atoms. The predicted molar refractivity (Wildman–Crippen MR) is 31.8 cm³/mol. The highest BCUT2D eigenvalue weighted by Gasteiger charge is 2.18. The maximum absolute atomic E-state index is 10.4. The van der Waals surface area contributed by atoms with Crippen LogP contribution in [0.15, 0.2) is 0 Å². The van der Waals surface area contributed by atoms with Crippen molar-refractivity contribution in [3.8, 4) is 0 Å². The van der Waals surface area contributed by atoms with E-state index in [0.717, 1.165) is 11.8 Å². The SMILES string of the molecule is [2H]N1NCCC[C@H]1C(=O)O. The quantitative estimate of drug-likeness (QED) is 0.441. The van der Waals surface area contributed by atoms with E-state index in [1.807, 2.05) is 0 Å². The molecule has 0 aliphatic carbocycles. The summed E-state index contributed by atoms with van der Waals surface area (Å²) in [6.45, 7) is 0.702. The first-order valence-corrected chi connectivity index (χ1v) is 2.96. The molecule has 0 aromatic heterocycles. The van der Waals surface area contributed by atoms with Crippen molar-refractivity contribution in [1.29, 1.82) is 0 Å². The van der Waals surface area contributed by atoms with Crippen molar-refractivity contribution in [2.24, 2.45) is 0 Å². The zero-order valence-corrected chi connectivity index (χ0v) is 5.00. The van der Waals surface area contributed by atoms with Crippen molar-refractivity contribution in [2.45, 2.75) is 18.9 Å².